The van der Waals surface area contributed by atoms with Gasteiger partial charge in [0.1, 0.15) is 17.7 Å². The number of nitrogens with two attached hydrogens (primary N) is 1. The Labute approximate surface area is 178 Å². The van der Waals surface area contributed by atoms with Crippen molar-refractivity contribution in [2.75, 3.05) is 17.2 Å². The topological polar surface area (TPSA) is 88.7 Å². The van der Waals surface area contributed by atoms with E-state index in [1.165, 1.54) is 0 Å². The molecule has 1 atom stereocenters. The number of amides is 1. The first-order valence-corrected chi connectivity index (χ1v) is 8.54. The summed E-state index contributed by atoms with van der Waals surface area (Å²) in [4.78, 5) is 16.2. The number of aliphatic imine (C=N–C) groups is 1. The molecule has 2 aromatic rings. The molecule has 3 rings (SSSR count). The number of nitrogens with one attached hydrogen (secondary N) is 2. The second-order valence-corrected chi connectivity index (χ2v) is 6.14. The number of hydrogen-bond acceptors (Lipinski definition) is 3. The molecule has 4 N–H and O–H groups in total. The molecule has 0 saturated carbocycles. The van der Waals surface area contributed by atoms with Crippen LogP contribution in [0.2, 0.25) is 0 Å². The Hall–Kier alpha value is -2.27. The maximum Gasteiger partial charge on any atom is 0.253 e. The Bertz CT molecular complexity index is 858. The van der Waals surface area contributed by atoms with Crippen molar-refractivity contribution in [1.82, 2.24) is 0 Å². The Morgan fingerprint density at radius 2 is 2.04 bits per heavy atom. The first-order valence-electron chi connectivity index (χ1n) is 8.54. The summed E-state index contributed by atoms with van der Waals surface area (Å²) in [6.07, 6.45) is 1.19. The van der Waals surface area contributed by atoms with Gasteiger partial charge in [0.25, 0.3) is 5.91 Å². The molecule has 1 aliphatic heterocycles. The van der Waals surface area contributed by atoms with Crippen molar-refractivity contribution in [2.24, 2.45) is 10.7 Å². The molecule has 1 saturated heterocycles. The van der Waals surface area contributed by atoms with E-state index in [4.69, 9.17) is 10.5 Å². The van der Waals surface area contributed by atoms with Crippen LogP contribution in [0.25, 0.3) is 0 Å². The number of carbonyl (C=O) groups is 1. The van der Waals surface area contributed by atoms with Crippen molar-refractivity contribution < 1.29 is 18.3 Å². The summed E-state index contributed by atoms with van der Waals surface area (Å²) in [7, 11) is 0. The van der Waals surface area contributed by atoms with Crippen LogP contribution in [-0.2, 0) is 16.1 Å². The maximum atomic E-state index is 13.6. The van der Waals surface area contributed by atoms with Gasteiger partial charge >= 0.3 is 0 Å². The molecule has 1 heterocycles. The molecule has 0 radical (unpaired) electrons. The molecule has 9 heteroatoms. The summed E-state index contributed by atoms with van der Waals surface area (Å²) in [5.74, 6) is -1.43. The highest BCUT2D eigenvalue weighted by molar-refractivity contribution is 14.0. The highest BCUT2D eigenvalue weighted by atomic mass is 127. The molecule has 1 aliphatic rings. The van der Waals surface area contributed by atoms with Crippen LogP contribution < -0.4 is 16.4 Å². The zero-order valence-corrected chi connectivity index (χ0v) is 17.3. The van der Waals surface area contributed by atoms with Gasteiger partial charge in [0.2, 0.25) is 0 Å². The number of nitrogens with zero attached hydrogens (tertiary/aromatic N) is 1. The van der Waals surface area contributed by atoms with Crippen LogP contribution in [0.3, 0.4) is 0 Å². The van der Waals surface area contributed by atoms with Gasteiger partial charge in [-0.3, -0.25) is 4.79 Å². The van der Waals surface area contributed by atoms with E-state index >= 15 is 0 Å². The Morgan fingerprint density at radius 3 is 2.79 bits per heavy atom. The number of guanidine groups is 1. The van der Waals surface area contributed by atoms with Crippen molar-refractivity contribution in [3.8, 4) is 0 Å². The molecule has 1 unspecified atom stereocenters. The number of ether oxygens (including phenoxy) is 1. The molecule has 6 nitrogen and oxygen atoms in total. The monoisotopic (exact) mass is 502 g/mol. The van der Waals surface area contributed by atoms with Crippen molar-refractivity contribution in [3.63, 3.8) is 0 Å². The molecule has 1 amide bonds. The SMILES string of the molecule is I.NC(=NCc1cccc(NC(=O)C2CCCO2)c1)Nc1cc(F)ccc1F. The first-order chi connectivity index (χ1) is 13.0. The molecular formula is C19H21F2IN4O2. The number of benzene rings is 2. The van der Waals surface area contributed by atoms with Gasteiger partial charge in [0.15, 0.2) is 5.96 Å². The van der Waals surface area contributed by atoms with Crippen LogP contribution in [0.4, 0.5) is 20.2 Å². The van der Waals surface area contributed by atoms with E-state index in [-0.39, 0.29) is 48.1 Å². The highest BCUT2D eigenvalue weighted by Gasteiger charge is 2.23. The van der Waals surface area contributed by atoms with Gasteiger partial charge in [0.05, 0.1) is 12.2 Å². The normalized spacial score (nSPS) is 16.4. The number of halogens is 3. The summed E-state index contributed by atoms with van der Waals surface area (Å²) in [5, 5.41) is 5.35. The molecular weight excluding hydrogens is 481 g/mol. The van der Waals surface area contributed by atoms with Gasteiger partial charge in [-0.25, -0.2) is 13.8 Å². The van der Waals surface area contributed by atoms with Crippen LogP contribution in [0, 0.1) is 11.6 Å². The number of anilines is 2. The Morgan fingerprint density at radius 1 is 1.21 bits per heavy atom. The lowest BCUT2D eigenvalue weighted by Gasteiger charge is -2.11. The minimum Gasteiger partial charge on any atom is -0.370 e. The average Bonchev–Trinajstić information content (AvgIpc) is 3.18. The molecule has 2 aromatic carbocycles. The maximum absolute atomic E-state index is 13.6. The Kier molecular flexibility index (Phi) is 8.12. The summed E-state index contributed by atoms with van der Waals surface area (Å²) in [6, 6.07) is 10.2. The van der Waals surface area contributed by atoms with Crippen LogP contribution in [-0.4, -0.2) is 24.6 Å². The zero-order chi connectivity index (χ0) is 19.2. The molecule has 0 spiro atoms. The van der Waals surface area contributed by atoms with E-state index in [1.807, 2.05) is 6.07 Å². The second-order valence-electron chi connectivity index (χ2n) is 6.14. The first kappa shape index (κ1) is 22.0. The fourth-order valence-corrected chi connectivity index (χ4v) is 2.70. The molecule has 1 fully saturated rings. The minimum absolute atomic E-state index is 0. The summed E-state index contributed by atoms with van der Waals surface area (Å²) < 4.78 is 32.1. The van der Waals surface area contributed by atoms with Crippen molar-refractivity contribution >= 4 is 47.2 Å². The molecule has 150 valence electrons. The smallest absolute Gasteiger partial charge is 0.253 e. The van der Waals surface area contributed by atoms with E-state index in [9.17, 15) is 13.6 Å². The van der Waals surface area contributed by atoms with Gasteiger partial charge in [-0.05, 0) is 42.7 Å². The van der Waals surface area contributed by atoms with Crippen molar-refractivity contribution in [1.29, 1.82) is 0 Å². The third-order valence-corrected chi connectivity index (χ3v) is 4.04. The molecule has 28 heavy (non-hydrogen) atoms. The van der Waals surface area contributed by atoms with Crippen LogP contribution in [0.5, 0.6) is 0 Å². The lowest BCUT2D eigenvalue weighted by molar-refractivity contribution is -0.124. The van der Waals surface area contributed by atoms with E-state index in [0.29, 0.717) is 18.7 Å². The zero-order valence-electron chi connectivity index (χ0n) is 15.0. The largest absolute Gasteiger partial charge is 0.370 e. The van der Waals surface area contributed by atoms with Gasteiger partial charge in [0, 0.05) is 18.4 Å². The lowest BCUT2D eigenvalue weighted by atomic mass is 10.2. The fraction of sp³-hybridized carbons (Fsp3) is 0.263. The quantitative estimate of drug-likeness (QED) is 0.331. The Balaban J connectivity index is 0.00000280. The van der Waals surface area contributed by atoms with Crippen molar-refractivity contribution in [2.45, 2.75) is 25.5 Å². The summed E-state index contributed by atoms with van der Waals surface area (Å²) in [5.41, 5.74) is 7.07. The molecule has 0 bridgehead atoms. The van der Waals surface area contributed by atoms with E-state index in [0.717, 1.165) is 30.2 Å². The van der Waals surface area contributed by atoms with Crippen LogP contribution in [0.15, 0.2) is 47.5 Å². The van der Waals surface area contributed by atoms with Crippen LogP contribution >= 0.6 is 24.0 Å². The molecule has 0 aromatic heterocycles. The standard InChI is InChI=1S/C19H20F2N4O2.HI/c20-13-6-7-15(21)16(10-13)25-19(22)23-11-12-3-1-4-14(9-12)24-18(26)17-5-2-8-27-17;/h1,3-4,6-7,9-10,17H,2,5,8,11H2,(H,24,26)(H3,22,23,25);1H. The van der Waals surface area contributed by atoms with Gasteiger partial charge in [-0.2, -0.15) is 0 Å². The third-order valence-electron chi connectivity index (χ3n) is 4.04. The van der Waals surface area contributed by atoms with Gasteiger partial charge < -0.3 is 21.1 Å². The highest BCUT2D eigenvalue weighted by Crippen LogP contribution is 2.17. The predicted molar refractivity (Wildman–Crippen MR) is 115 cm³/mol. The average molecular weight is 502 g/mol. The third kappa shape index (κ3) is 6.13. The van der Waals surface area contributed by atoms with E-state index in [1.54, 1.807) is 18.2 Å². The van der Waals surface area contributed by atoms with E-state index in [2.05, 4.69) is 15.6 Å². The van der Waals surface area contributed by atoms with Crippen LogP contribution in [0.1, 0.15) is 18.4 Å². The lowest BCUT2D eigenvalue weighted by Crippen LogP contribution is -2.26. The predicted octanol–water partition coefficient (Wildman–Crippen LogP) is 3.63. The second kappa shape index (κ2) is 10.3. The fourth-order valence-electron chi connectivity index (χ4n) is 2.70. The number of hydrogen-bond donors (Lipinski definition) is 3. The van der Waals surface area contributed by atoms with Crippen molar-refractivity contribution in [3.05, 3.63) is 59.7 Å². The minimum atomic E-state index is -0.631. The van der Waals surface area contributed by atoms with Gasteiger partial charge in [-0.15, -0.1) is 24.0 Å². The summed E-state index contributed by atoms with van der Waals surface area (Å²) >= 11 is 0. The number of carbonyl (C=O) groups excluding carboxylic acids is 1. The molecule has 0 aliphatic carbocycles. The van der Waals surface area contributed by atoms with E-state index < -0.39 is 17.7 Å². The van der Waals surface area contributed by atoms with Gasteiger partial charge in [-0.1, -0.05) is 12.1 Å². The summed E-state index contributed by atoms with van der Waals surface area (Å²) in [6.45, 7) is 0.810. The number of rotatable bonds is 5.